The van der Waals surface area contributed by atoms with E-state index in [1.165, 1.54) is 35.1 Å². The molecule has 0 aliphatic carbocycles. The van der Waals surface area contributed by atoms with Crippen LogP contribution in [0.2, 0.25) is 0 Å². The number of aryl methyl sites for hydroxylation is 2. The predicted octanol–water partition coefficient (Wildman–Crippen LogP) is 5.09. The minimum absolute atomic E-state index is 0.223. The summed E-state index contributed by atoms with van der Waals surface area (Å²) in [6, 6.07) is 5.31. The van der Waals surface area contributed by atoms with Gasteiger partial charge in [0.25, 0.3) is 0 Å². The summed E-state index contributed by atoms with van der Waals surface area (Å²) in [5.41, 5.74) is 6.04. The molecular formula is C20H33N. The van der Waals surface area contributed by atoms with Crippen LogP contribution >= 0.6 is 0 Å². The van der Waals surface area contributed by atoms with E-state index in [1.807, 2.05) is 6.08 Å². The lowest BCUT2D eigenvalue weighted by atomic mass is 9.82. The van der Waals surface area contributed by atoms with Crippen molar-refractivity contribution >= 4 is 0 Å². The van der Waals surface area contributed by atoms with E-state index >= 15 is 0 Å². The number of unbranched alkanes of at least 4 members (excludes halogenated alkanes) is 1. The Hall–Kier alpha value is -1.08. The van der Waals surface area contributed by atoms with E-state index in [2.05, 4.69) is 65.7 Å². The lowest BCUT2D eigenvalue weighted by Crippen LogP contribution is -2.28. The average Bonchev–Trinajstić information content (AvgIpc) is 2.39. The number of rotatable bonds is 7. The molecule has 0 radical (unpaired) electrons. The van der Waals surface area contributed by atoms with Crippen LogP contribution in [0.1, 0.15) is 62.3 Å². The van der Waals surface area contributed by atoms with Crippen molar-refractivity contribution in [2.24, 2.45) is 0 Å². The first kappa shape index (κ1) is 18.0. The van der Waals surface area contributed by atoms with Crippen LogP contribution < -0.4 is 5.32 Å². The van der Waals surface area contributed by atoms with Gasteiger partial charge in [0.15, 0.2) is 0 Å². The van der Waals surface area contributed by atoms with Gasteiger partial charge in [-0.3, -0.25) is 0 Å². The summed E-state index contributed by atoms with van der Waals surface area (Å²) in [4.78, 5) is 0. The van der Waals surface area contributed by atoms with Gasteiger partial charge in [-0.15, -0.1) is 6.58 Å². The zero-order chi connectivity index (χ0) is 16.0. The van der Waals surface area contributed by atoms with Gasteiger partial charge in [0.1, 0.15) is 0 Å². The Labute approximate surface area is 131 Å². The molecule has 1 atom stereocenters. The van der Waals surface area contributed by atoms with Crippen molar-refractivity contribution in [1.29, 1.82) is 0 Å². The van der Waals surface area contributed by atoms with Gasteiger partial charge >= 0.3 is 0 Å². The molecule has 0 aliphatic rings. The number of likely N-dealkylation sites (N-methyl/N-ethyl adjacent to an activating group) is 1. The first-order chi connectivity index (χ1) is 9.79. The second-order valence-corrected chi connectivity index (χ2v) is 7.25. The molecule has 0 amide bonds. The Balaban J connectivity index is 2.90. The molecule has 0 aliphatic heterocycles. The molecule has 0 saturated carbocycles. The molecule has 0 heterocycles. The highest BCUT2D eigenvalue weighted by Gasteiger charge is 2.17. The summed E-state index contributed by atoms with van der Waals surface area (Å²) in [5.74, 6) is 0. The number of nitrogens with one attached hydrogen (secondary N) is 1. The summed E-state index contributed by atoms with van der Waals surface area (Å²) in [6.07, 6.45) is 6.67. The molecular weight excluding hydrogens is 254 g/mol. The van der Waals surface area contributed by atoms with Crippen molar-refractivity contribution in [2.45, 2.75) is 71.8 Å². The number of hydrogen-bond donors (Lipinski definition) is 1. The third kappa shape index (κ3) is 5.32. The van der Waals surface area contributed by atoms with E-state index in [-0.39, 0.29) is 5.41 Å². The van der Waals surface area contributed by atoms with Crippen LogP contribution in [-0.4, -0.2) is 13.1 Å². The minimum Gasteiger partial charge on any atom is -0.317 e. The molecule has 0 bridgehead atoms. The molecule has 0 fully saturated rings. The van der Waals surface area contributed by atoms with Gasteiger partial charge in [0.2, 0.25) is 0 Å². The summed E-state index contributed by atoms with van der Waals surface area (Å²) >= 11 is 0. The fraction of sp³-hybridized carbons (Fsp3) is 0.600. The highest BCUT2D eigenvalue weighted by Crippen LogP contribution is 2.27. The minimum atomic E-state index is 0.223. The molecule has 1 rings (SSSR count). The third-order valence-corrected chi connectivity index (χ3v) is 4.38. The standard InChI is InChI=1S/C20H33N/c1-8-9-10-11-18(21-7)14-19-15(2)12-17(13-16(19)3)20(4,5)6/h8,12-13,18,21H,1,9-11,14H2,2-7H3. The topological polar surface area (TPSA) is 12.0 Å². The Morgan fingerprint density at radius 3 is 2.19 bits per heavy atom. The fourth-order valence-corrected chi connectivity index (χ4v) is 2.85. The highest BCUT2D eigenvalue weighted by atomic mass is 14.9. The summed E-state index contributed by atoms with van der Waals surface area (Å²) in [7, 11) is 2.08. The highest BCUT2D eigenvalue weighted by molar-refractivity contribution is 5.40. The van der Waals surface area contributed by atoms with Crippen molar-refractivity contribution in [1.82, 2.24) is 5.32 Å². The van der Waals surface area contributed by atoms with E-state index < -0.39 is 0 Å². The van der Waals surface area contributed by atoms with E-state index in [9.17, 15) is 0 Å². The smallest absolute Gasteiger partial charge is 0.0105 e. The van der Waals surface area contributed by atoms with Gasteiger partial charge in [0.05, 0.1) is 0 Å². The number of benzene rings is 1. The molecule has 0 aromatic heterocycles. The molecule has 1 aromatic rings. The Bertz CT molecular complexity index is 442. The summed E-state index contributed by atoms with van der Waals surface area (Å²) in [5, 5.41) is 3.47. The molecule has 1 aromatic carbocycles. The molecule has 1 N–H and O–H groups in total. The van der Waals surface area contributed by atoms with Crippen molar-refractivity contribution in [3.05, 3.63) is 47.0 Å². The Kier molecular flexibility index (Phi) is 6.67. The van der Waals surface area contributed by atoms with Gasteiger partial charge in [-0.1, -0.05) is 39.0 Å². The van der Waals surface area contributed by atoms with Crippen LogP contribution in [-0.2, 0) is 11.8 Å². The van der Waals surface area contributed by atoms with Crippen molar-refractivity contribution in [3.63, 3.8) is 0 Å². The Morgan fingerprint density at radius 2 is 1.76 bits per heavy atom. The average molecular weight is 287 g/mol. The van der Waals surface area contributed by atoms with E-state index in [4.69, 9.17) is 0 Å². The van der Waals surface area contributed by atoms with Gasteiger partial charge in [-0.05, 0) is 74.2 Å². The molecule has 21 heavy (non-hydrogen) atoms. The zero-order valence-electron chi connectivity index (χ0n) is 14.8. The monoisotopic (exact) mass is 287 g/mol. The van der Waals surface area contributed by atoms with Gasteiger partial charge in [-0.25, -0.2) is 0 Å². The second kappa shape index (κ2) is 7.79. The van der Waals surface area contributed by atoms with Crippen molar-refractivity contribution in [2.75, 3.05) is 7.05 Å². The van der Waals surface area contributed by atoms with Crippen LogP contribution in [0.5, 0.6) is 0 Å². The van der Waals surface area contributed by atoms with E-state index in [0.29, 0.717) is 6.04 Å². The van der Waals surface area contributed by atoms with Gasteiger partial charge < -0.3 is 5.32 Å². The summed E-state index contributed by atoms with van der Waals surface area (Å²) in [6.45, 7) is 15.2. The SMILES string of the molecule is C=CCCCC(Cc1c(C)cc(C(C)(C)C)cc1C)NC. The lowest BCUT2D eigenvalue weighted by molar-refractivity contribution is 0.502. The summed E-state index contributed by atoms with van der Waals surface area (Å²) < 4.78 is 0. The molecule has 118 valence electrons. The number of hydrogen-bond acceptors (Lipinski definition) is 1. The predicted molar refractivity (Wildman–Crippen MR) is 95.2 cm³/mol. The first-order valence-corrected chi connectivity index (χ1v) is 8.18. The molecule has 1 unspecified atom stereocenters. The third-order valence-electron chi connectivity index (χ3n) is 4.38. The fourth-order valence-electron chi connectivity index (χ4n) is 2.85. The zero-order valence-corrected chi connectivity index (χ0v) is 14.8. The molecule has 1 nitrogen and oxygen atoms in total. The van der Waals surface area contributed by atoms with Crippen LogP contribution in [0.15, 0.2) is 24.8 Å². The second-order valence-electron chi connectivity index (χ2n) is 7.25. The first-order valence-electron chi connectivity index (χ1n) is 8.18. The van der Waals surface area contributed by atoms with Gasteiger partial charge in [-0.2, -0.15) is 0 Å². The van der Waals surface area contributed by atoms with Crippen LogP contribution in [0, 0.1) is 13.8 Å². The van der Waals surface area contributed by atoms with E-state index in [1.54, 1.807) is 0 Å². The quantitative estimate of drug-likeness (QED) is 0.544. The van der Waals surface area contributed by atoms with Crippen molar-refractivity contribution < 1.29 is 0 Å². The van der Waals surface area contributed by atoms with Crippen LogP contribution in [0.3, 0.4) is 0 Å². The molecule has 0 saturated heterocycles. The van der Waals surface area contributed by atoms with Crippen LogP contribution in [0.4, 0.5) is 0 Å². The number of allylic oxidation sites excluding steroid dienone is 1. The van der Waals surface area contributed by atoms with E-state index in [0.717, 1.165) is 12.8 Å². The van der Waals surface area contributed by atoms with Crippen molar-refractivity contribution in [3.8, 4) is 0 Å². The maximum absolute atomic E-state index is 3.81. The Morgan fingerprint density at radius 1 is 1.19 bits per heavy atom. The molecule has 1 heteroatoms. The largest absolute Gasteiger partial charge is 0.317 e. The maximum atomic E-state index is 3.81. The maximum Gasteiger partial charge on any atom is 0.0105 e. The molecule has 0 spiro atoms. The van der Waals surface area contributed by atoms with Crippen LogP contribution in [0.25, 0.3) is 0 Å². The van der Waals surface area contributed by atoms with Gasteiger partial charge in [0, 0.05) is 6.04 Å². The lowest BCUT2D eigenvalue weighted by Gasteiger charge is -2.24. The normalized spacial score (nSPS) is 13.2.